The number of rotatable bonds is 3. The molecular weight excluding hydrogens is 275 g/mol. The number of ether oxygens (including phenoxy) is 2. The van der Waals surface area contributed by atoms with Gasteiger partial charge in [0, 0.05) is 6.42 Å². The van der Waals surface area contributed by atoms with Crippen molar-refractivity contribution in [2.24, 2.45) is 0 Å². The van der Waals surface area contributed by atoms with Crippen LogP contribution >= 0.6 is 0 Å². The number of carbonyl (C=O) groups excluding carboxylic acids is 1. The fraction of sp³-hybridized carbons (Fsp3) is 0.312. The lowest BCUT2D eigenvalue weighted by atomic mass is 10.1. The number of alkyl halides is 1. The molecule has 0 aliphatic carbocycles. The largest absolute Gasteiger partial charge is 0.459 e. The van der Waals surface area contributed by atoms with Crippen LogP contribution in [-0.4, -0.2) is 36.2 Å². The van der Waals surface area contributed by atoms with Crippen LogP contribution in [0, 0.1) is 0 Å². The number of hydrogen-bond donors (Lipinski definition) is 1. The molecule has 1 saturated heterocycles. The van der Waals surface area contributed by atoms with Crippen LogP contribution in [0.3, 0.4) is 0 Å². The van der Waals surface area contributed by atoms with Crippen LogP contribution in [-0.2, 0) is 9.47 Å². The molecule has 0 aromatic heterocycles. The first-order valence-electron chi connectivity index (χ1n) is 6.77. The van der Waals surface area contributed by atoms with Crippen molar-refractivity contribution in [3.05, 3.63) is 48.0 Å². The third-order valence-corrected chi connectivity index (χ3v) is 3.51. The summed E-state index contributed by atoms with van der Waals surface area (Å²) in [4.78, 5) is 12.0. The molecule has 0 radical (unpaired) electrons. The lowest BCUT2D eigenvalue weighted by Gasteiger charge is -2.11. The second-order valence-corrected chi connectivity index (χ2v) is 5.06. The molecule has 2 aromatic carbocycles. The maximum Gasteiger partial charge on any atom is 0.338 e. The zero-order chi connectivity index (χ0) is 14.8. The number of benzene rings is 2. The van der Waals surface area contributed by atoms with Gasteiger partial charge < -0.3 is 14.6 Å². The predicted molar refractivity (Wildman–Crippen MR) is 74.6 cm³/mol. The normalized spacial score (nSPS) is 25.1. The van der Waals surface area contributed by atoms with Gasteiger partial charge >= 0.3 is 5.97 Å². The molecule has 1 aliphatic heterocycles. The van der Waals surface area contributed by atoms with Crippen molar-refractivity contribution in [1.82, 2.24) is 0 Å². The van der Waals surface area contributed by atoms with Gasteiger partial charge in [0.05, 0.1) is 11.7 Å². The molecule has 5 heteroatoms. The summed E-state index contributed by atoms with van der Waals surface area (Å²) < 4.78 is 23.1. The average molecular weight is 290 g/mol. The minimum absolute atomic E-state index is 0.0339. The minimum Gasteiger partial charge on any atom is -0.459 e. The molecule has 0 saturated carbocycles. The molecule has 2 aromatic rings. The van der Waals surface area contributed by atoms with E-state index in [9.17, 15) is 9.18 Å². The lowest BCUT2D eigenvalue weighted by Crippen LogP contribution is -2.19. The van der Waals surface area contributed by atoms with E-state index >= 15 is 0 Å². The fourth-order valence-corrected chi connectivity index (χ4v) is 2.38. The maximum atomic E-state index is 13.1. The summed E-state index contributed by atoms with van der Waals surface area (Å²) in [5.74, 6) is -0.485. The Kier molecular flexibility index (Phi) is 3.86. The molecule has 0 bridgehead atoms. The molecule has 1 unspecified atom stereocenters. The minimum atomic E-state index is -1.42. The highest BCUT2D eigenvalue weighted by Crippen LogP contribution is 2.22. The molecular formula is C16H15FO4. The third-order valence-electron chi connectivity index (χ3n) is 3.51. The Morgan fingerprint density at radius 1 is 1.29 bits per heavy atom. The van der Waals surface area contributed by atoms with Crippen LogP contribution < -0.4 is 0 Å². The number of hydrogen-bond acceptors (Lipinski definition) is 4. The van der Waals surface area contributed by atoms with E-state index in [-0.39, 0.29) is 13.0 Å². The molecule has 0 spiro atoms. The van der Waals surface area contributed by atoms with Crippen molar-refractivity contribution in [3.8, 4) is 0 Å². The molecule has 1 heterocycles. The first-order chi connectivity index (χ1) is 10.1. The van der Waals surface area contributed by atoms with Gasteiger partial charge in [0.1, 0.15) is 6.61 Å². The Bertz CT molecular complexity index is 648. The molecule has 4 nitrogen and oxygen atoms in total. The Hall–Kier alpha value is -1.98. The van der Waals surface area contributed by atoms with Crippen LogP contribution in [0.5, 0.6) is 0 Å². The van der Waals surface area contributed by atoms with Crippen molar-refractivity contribution in [2.45, 2.75) is 25.0 Å². The van der Waals surface area contributed by atoms with E-state index < -0.39 is 24.5 Å². The number of esters is 1. The summed E-state index contributed by atoms with van der Waals surface area (Å²) in [6.07, 6.45) is -3.41. The SMILES string of the molecule is O=C(OC[C@@H]1C[C@H](F)C(O)O1)c1ccc2ccccc2c1. The molecule has 3 atom stereocenters. The molecule has 110 valence electrons. The zero-order valence-corrected chi connectivity index (χ0v) is 11.2. The molecule has 0 amide bonds. The van der Waals surface area contributed by atoms with Crippen LogP contribution in [0.4, 0.5) is 4.39 Å². The van der Waals surface area contributed by atoms with Gasteiger partial charge in [-0.1, -0.05) is 30.3 Å². The number of aliphatic hydroxyl groups excluding tert-OH is 1. The molecule has 1 fully saturated rings. The number of aliphatic hydroxyl groups is 1. The van der Waals surface area contributed by atoms with Gasteiger partial charge in [0.15, 0.2) is 12.5 Å². The second-order valence-electron chi connectivity index (χ2n) is 5.06. The third kappa shape index (κ3) is 3.04. The van der Waals surface area contributed by atoms with E-state index in [2.05, 4.69) is 0 Å². The monoisotopic (exact) mass is 290 g/mol. The lowest BCUT2D eigenvalue weighted by molar-refractivity contribution is -0.121. The summed E-state index contributed by atoms with van der Waals surface area (Å²) in [6.45, 7) is -0.0663. The van der Waals surface area contributed by atoms with Gasteiger partial charge in [-0.3, -0.25) is 0 Å². The van der Waals surface area contributed by atoms with Crippen molar-refractivity contribution in [3.63, 3.8) is 0 Å². The van der Waals surface area contributed by atoms with Gasteiger partial charge in [0.2, 0.25) is 0 Å². The molecule has 1 N–H and O–H groups in total. The summed E-state index contributed by atoms with van der Waals surface area (Å²) in [5.41, 5.74) is 0.434. The highest BCUT2D eigenvalue weighted by Gasteiger charge is 2.34. The number of carbonyl (C=O) groups is 1. The first-order valence-corrected chi connectivity index (χ1v) is 6.77. The highest BCUT2D eigenvalue weighted by molar-refractivity contribution is 5.95. The summed E-state index contributed by atoms with van der Waals surface area (Å²) >= 11 is 0. The van der Waals surface area contributed by atoms with Gasteiger partial charge in [-0.2, -0.15) is 0 Å². The highest BCUT2D eigenvalue weighted by atomic mass is 19.1. The fourth-order valence-electron chi connectivity index (χ4n) is 2.38. The standard InChI is InChI=1S/C16H15FO4/c17-14-8-13(21-16(14)19)9-20-15(18)12-6-5-10-3-1-2-4-11(10)7-12/h1-7,13-14,16,19H,8-9H2/t13-,14-,16?/m0/s1. The number of fused-ring (bicyclic) bond motifs is 1. The molecule has 21 heavy (non-hydrogen) atoms. The molecule has 3 rings (SSSR count). The Morgan fingerprint density at radius 3 is 2.76 bits per heavy atom. The number of halogens is 1. The van der Waals surface area contributed by atoms with E-state index in [1.807, 2.05) is 30.3 Å². The van der Waals surface area contributed by atoms with E-state index in [4.69, 9.17) is 14.6 Å². The van der Waals surface area contributed by atoms with Crippen molar-refractivity contribution in [1.29, 1.82) is 0 Å². The summed E-state index contributed by atoms with van der Waals surface area (Å²) in [5, 5.41) is 11.1. The van der Waals surface area contributed by atoms with Gasteiger partial charge in [-0.15, -0.1) is 0 Å². The van der Waals surface area contributed by atoms with Crippen molar-refractivity contribution < 1.29 is 23.8 Å². The van der Waals surface area contributed by atoms with Gasteiger partial charge in [0.25, 0.3) is 0 Å². The summed E-state index contributed by atoms with van der Waals surface area (Å²) in [7, 11) is 0. The van der Waals surface area contributed by atoms with Gasteiger partial charge in [-0.25, -0.2) is 9.18 Å². The van der Waals surface area contributed by atoms with E-state index in [1.54, 1.807) is 12.1 Å². The summed E-state index contributed by atoms with van der Waals surface area (Å²) in [6, 6.07) is 13.0. The van der Waals surface area contributed by atoms with Crippen LogP contribution in [0.2, 0.25) is 0 Å². The van der Waals surface area contributed by atoms with Crippen LogP contribution in [0.15, 0.2) is 42.5 Å². The van der Waals surface area contributed by atoms with E-state index in [0.29, 0.717) is 5.56 Å². The molecule has 1 aliphatic rings. The first kappa shape index (κ1) is 14.0. The van der Waals surface area contributed by atoms with Crippen molar-refractivity contribution in [2.75, 3.05) is 6.61 Å². The van der Waals surface area contributed by atoms with Crippen LogP contribution in [0.1, 0.15) is 16.8 Å². The topological polar surface area (TPSA) is 55.8 Å². The van der Waals surface area contributed by atoms with Gasteiger partial charge in [-0.05, 0) is 22.9 Å². The smallest absolute Gasteiger partial charge is 0.338 e. The van der Waals surface area contributed by atoms with Crippen LogP contribution in [0.25, 0.3) is 10.8 Å². The Balaban J connectivity index is 1.64. The van der Waals surface area contributed by atoms with E-state index in [1.165, 1.54) is 0 Å². The average Bonchev–Trinajstić information content (AvgIpc) is 2.83. The quantitative estimate of drug-likeness (QED) is 0.882. The van der Waals surface area contributed by atoms with E-state index in [0.717, 1.165) is 10.8 Å². The van der Waals surface area contributed by atoms with Crippen molar-refractivity contribution >= 4 is 16.7 Å². The predicted octanol–water partition coefficient (Wildman–Crippen LogP) is 2.44. The Morgan fingerprint density at radius 2 is 2.05 bits per heavy atom. The maximum absolute atomic E-state index is 13.1. The second kappa shape index (κ2) is 5.79. The zero-order valence-electron chi connectivity index (χ0n) is 11.2. The Labute approximate surface area is 121 Å².